The summed E-state index contributed by atoms with van der Waals surface area (Å²) in [5, 5.41) is 0. The highest BCUT2D eigenvalue weighted by molar-refractivity contribution is 6.03. The predicted molar refractivity (Wildman–Crippen MR) is 72.7 cm³/mol. The third-order valence-electron chi connectivity index (χ3n) is 4.74. The minimum atomic E-state index is -0.609. The smallest absolute Gasteiger partial charge is 0.186 e. The van der Waals surface area contributed by atoms with E-state index in [2.05, 4.69) is 4.90 Å². The topological polar surface area (TPSA) is 20.3 Å². The molecule has 0 bridgehead atoms. The van der Waals surface area contributed by atoms with Crippen LogP contribution in [0.2, 0.25) is 0 Å². The van der Waals surface area contributed by atoms with E-state index in [1.54, 1.807) is 0 Å². The van der Waals surface area contributed by atoms with Crippen molar-refractivity contribution in [3.8, 4) is 0 Å². The number of likely N-dealkylation sites (tertiary alicyclic amines) is 1. The Balaban J connectivity index is 1.99. The third kappa shape index (κ3) is 2.16. The molecule has 1 saturated carbocycles. The second kappa shape index (κ2) is 5.24. The van der Waals surface area contributed by atoms with Crippen LogP contribution in [-0.2, 0) is 0 Å². The molecule has 4 heteroatoms. The molecule has 0 radical (unpaired) electrons. The van der Waals surface area contributed by atoms with Gasteiger partial charge in [-0.1, -0.05) is 12.8 Å². The number of carbonyl (C=O) groups is 1. The van der Waals surface area contributed by atoms with E-state index in [0.29, 0.717) is 0 Å². The summed E-state index contributed by atoms with van der Waals surface area (Å²) in [6, 6.07) is 3.16. The first-order chi connectivity index (χ1) is 9.63. The first-order valence-corrected chi connectivity index (χ1v) is 7.38. The number of rotatable bonds is 3. The van der Waals surface area contributed by atoms with Crippen LogP contribution in [0.25, 0.3) is 0 Å². The summed E-state index contributed by atoms with van der Waals surface area (Å²) < 4.78 is 27.3. The van der Waals surface area contributed by atoms with E-state index in [1.807, 2.05) is 0 Å². The molecular formula is C16H19F2NO. The van der Waals surface area contributed by atoms with Gasteiger partial charge in [-0.3, -0.25) is 9.69 Å². The van der Waals surface area contributed by atoms with Crippen LogP contribution in [0.1, 0.15) is 48.9 Å². The van der Waals surface area contributed by atoms with Gasteiger partial charge in [0.1, 0.15) is 11.6 Å². The zero-order valence-corrected chi connectivity index (χ0v) is 11.5. The highest BCUT2D eigenvalue weighted by Crippen LogP contribution is 2.40. The molecule has 0 spiro atoms. The van der Waals surface area contributed by atoms with Crippen molar-refractivity contribution in [3.63, 3.8) is 0 Å². The summed E-state index contributed by atoms with van der Waals surface area (Å²) in [5.74, 6) is -1.39. The number of benzene rings is 1. The zero-order valence-electron chi connectivity index (χ0n) is 11.5. The van der Waals surface area contributed by atoms with E-state index in [9.17, 15) is 13.6 Å². The van der Waals surface area contributed by atoms with E-state index >= 15 is 0 Å². The molecule has 20 heavy (non-hydrogen) atoms. The van der Waals surface area contributed by atoms with Gasteiger partial charge >= 0.3 is 0 Å². The molecular weight excluding hydrogens is 260 g/mol. The fourth-order valence-electron chi connectivity index (χ4n) is 3.71. The van der Waals surface area contributed by atoms with Gasteiger partial charge < -0.3 is 0 Å². The molecule has 108 valence electrons. The van der Waals surface area contributed by atoms with Crippen molar-refractivity contribution in [1.82, 2.24) is 4.90 Å². The fourth-order valence-corrected chi connectivity index (χ4v) is 3.71. The van der Waals surface area contributed by atoms with Crippen LogP contribution >= 0.6 is 0 Å². The standard InChI is InChI=1S/C16H19F2NO/c17-12-5-6-14(18)13(11-12)15(20)16(7-1-2-8-16)19-9-3-4-10-19/h5-6,11H,1-4,7-10H2. The molecule has 1 saturated heterocycles. The Labute approximate surface area is 117 Å². The Kier molecular flexibility index (Phi) is 3.59. The molecule has 1 aromatic rings. The molecule has 2 nitrogen and oxygen atoms in total. The second-order valence-corrected chi connectivity index (χ2v) is 5.89. The van der Waals surface area contributed by atoms with Crippen LogP contribution in [0.4, 0.5) is 8.78 Å². The van der Waals surface area contributed by atoms with Crippen LogP contribution < -0.4 is 0 Å². The van der Waals surface area contributed by atoms with Crippen molar-refractivity contribution in [2.75, 3.05) is 13.1 Å². The highest BCUT2D eigenvalue weighted by Gasteiger charge is 2.47. The Morgan fingerprint density at radius 2 is 1.70 bits per heavy atom. The Morgan fingerprint density at radius 1 is 1.05 bits per heavy atom. The highest BCUT2D eigenvalue weighted by atomic mass is 19.1. The third-order valence-corrected chi connectivity index (χ3v) is 4.74. The Bertz CT molecular complexity index is 517. The summed E-state index contributed by atoms with van der Waals surface area (Å²) in [4.78, 5) is 15.1. The molecule has 0 atom stereocenters. The monoisotopic (exact) mass is 279 g/mol. The number of nitrogens with zero attached hydrogens (tertiary/aromatic N) is 1. The Hall–Kier alpha value is -1.29. The molecule has 3 rings (SSSR count). The number of ketones is 1. The lowest BCUT2D eigenvalue weighted by Gasteiger charge is -2.37. The average molecular weight is 279 g/mol. The van der Waals surface area contributed by atoms with E-state index in [-0.39, 0.29) is 11.3 Å². The molecule has 0 N–H and O–H groups in total. The van der Waals surface area contributed by atoms with Crippen molar-refractivity contribution in [3.05, 3.63) is 35.4 Å². The van der Waals surface area contributed by atoms with Crippen molar-refractivity contribution >= 4 is 5.78 Å². The fraction of sp³-hybridized carbons (Fsp3) is 0.562. The van der Waals surface area contributed by atoms with Gasteiger partial charge in [0.05, 0.1) is 11.1 Å². The summed E-state index contributed by atoms with van der Waals surface area (Å²) in [6.07, 6.45) is 5.67. The van der Waals surface area contributed by atoms with Gasteiger partial charge in [0.25, 0.3) is 0 Å². The average Bonchev–Trinajstić information content (AvgIpc) is 3.11. The quantitative estimate of drug-likeness (QED) is 0.789. The van der Waals surface area contributed by atoms with Gasteiger partial charge in [0.15, 0.2) is 5.78 Å². The lowest BCUT2D eigenvalue weighted by molar-refractivity contribution is 0.0621. The summed E-state index contributed by atoms with van der Waals surface area (Å²) in [6.45, 7) is 1.78. The van der Waals surface area contributed by atoms with Gasteiger partial charge in [-0.15, -0.1) is 0 Å². The van der Waals surface area contributed by atoms with Crippen LogP contribution in [0.3, 0.4) is 0 Å². The van der Waals surface area contributed by atoms with Crippen molar-refractivity contribution < 1.29 is 13.6 Å². The molecule has 0 amide bonds. The van der Waals surface area contributed by atoms with Crippen LogP contribution in [0.15, 0.2) is 18.2 Å². The lowest BCUT2D eigenvalue weighted by atomic mass is 9.85. The largest absolute Gasteiger partial charge is 0.292 e. The van der Waals surface area contributed by atoms with E-state index in [0.717, 1.165) is 69.8 Å². The van der Waals surface area contributed by atoms with Crippen molar-refractivity contribution in [2.24, 2.45) is 0 Å². The minimum Gasteiger partial charge on any atom is -0.292 e. The summed E-state index contributed by atoms with van der Waals surface area (Å²) in [7, 11) is 0. The first kappa shape index (κ1) is 13.7. The number of Topliss-reactive ketones (excluding diaryl/α,β-unsaturated/α-hetero) is 1. The van der Waals surface area contributed by atoms with Gasteiger partial charge in [-0.25, -0.2) is 8.78 Å². The lowest BCUT2D eigenvalue weighted by Crippen LogP contribution is -2.51. The van der Waals surface area contributed by atoms with Crippen molar-refractivity contribution in [1.29, 1.82) is 0 Å². The van der Waals surface area contributed by atoms with Gasteiger partial charge in [-0.2, -0.15) is 0 Å². The predicted octanol–water partition coefficient (Wildman–Crippen LogP) is 3.56. The molecule has 2 fully saturated rings. The second-order valence-electron chi connectivity index (χ2n) is 5.89. The molecule has 0 aromatic heterocycles. The van der Waals surface area contributed by atoms with E-state index in [1.165, 1.54) is 0 Å². The maximum absolute atomic E-state index is 13.9. The number of halogens is 2. The zero-order chi connectivity index (χ0) is 14.2. The first-order valence-electron chi connectivity index (χ1n) is 7.38. The summed E-state index contributed by atoms with van der Waals surface area (Å²) >= 11 is 0. The number of hydrogen-bond donors (Lipinski definition) is 0. The van der Waals surface area contributed by atoms with Gasteiger partial charge in [-0.05, 0) is 57.0 Å². The van der Waals surface area contributed by atoms with Gasteiger partial charge in [0.2, 0.25) is 0 Å². The molecule has 1 aliphatic carbocycles. The molecule has 1 heterocycles. The maximum atomic E-state index is 13.9. The number of carbonyl (C=O) groups excluding carboxylic acids is 1. The molecule has 0 unspecified atom stereocenters. The molecule has 1 aromatic carbocycles. The minimum absolute atomic E-state index is 0.0844. The maximum Gasteiger partial charge on any atom is 0.186 e. The molecule has 1 aliphatic heterocycles. The van der Waals surface area contributed by atoms with Crippen molar-refractivity contribution in [2.45, 2.75) is 44.1 Å². The van der Waals surface area contributed by atoms with E-state index in [4.69, 9.17) is 0 Å². The molecule has 2 aliphatic rings. The summed E-state index contributed by atoms with van der Waals surface area (Å²) in [5.41, 5.74) is -0.677. The number of hydrogen-bond acceptors (Lipinski definition) is 2. The Morgan fingerprint density at radius 3 is 2.35 bits per heavy atom. The van der Waals surface area contributed by atoms with Crippen LogP contribution in [0, 0.1) is 11.6 Å². The van der Waals surface area contributed by atoms with Crippen LogP contribution in [-0.4, -0.2) is 29.3 Å². The normalized spacial score (nSPS) is 22.3. The SMILES string of the molecule is O=C(c1cc(F)ccc1F)C1(N2CCCC2)CCCC1. The van der Waals surface area contributed by atoms with Gasteiger partial charge in [0, 0.05) is 0 Å². The van der Waals surface area contributed by atoms with E-state index < -0.39 is 17.2 Å². The van der Waals surface area contributed by atoms with Crippen LogP contribution in [0.5, 0.6) is 0 Å².